The number of hydrogen-bond acceptors (Lipinski definition) is 2. The largest absolute Gasteiger partial charge is 0.478 e. The first kappa shape index (κ1) is 8.97. The van der Waals surface area contributed by atoms with Crippen LogP contribution in [-0.4, -0.2) is 16.9 Å². The van der Waals surface area contributed by atoms with E-state index in [0.29, 0.717) is 24.0 Å². The molecule has 0 amide bonds. The van der Waals surface area contributed by atoms with Crippen LogP contribution in [-0.2, 0) is 9.59 Å². The van der Waals surface area contributed by atoms with Gasteiger partial charge in [0, 0.05) is 11.1 Å². The van der Waals surface area contributed by atoms with Crippen molar-refractivity contribution in [1.29, 1.82) is 0 Å². The van der Waals surface area contributed by atoms with Crippen LogP contribution in [0.5, 0.6) is 0 Å². The van der Waals surface area contributed by atoms with Gasteiger partial charge in [-0.15, -0.1) is 0 Å². The molecule has 0 radical (unpaired) electrons. The lowest BCUT2D eigenvalue weighted by molar-refractivity contribution is -0.133. The summed E-state index contributed by atoms with van der Waals surface area (Å²) in [7, 11) is 0. The average molecular weight is 168 g/mol. The molecular weight excluding hydrogens is 156 g/mol. The lowest BCUT2D eigenvalue weighted by atomic mass is 9.90. The first-order valence-corrected chi connectivity index (χ1v) is 4.09. The number of aliphatic carboxylic acids is 1. The molecule has 66 valence electrons. The average Bonchev–Trinajstić information content (AvgIpc) is 2.04. The van der Waals surface area contributed by atoms with Gasteiger partial charge in [-0.05, 0) is 32.6 Å². The highest BCUT2D eigenvalue weighted by atomic mass is 16.4. The van der Waals surface area contributed by atoms with Crippen LogP contribution in [0.15, 0.2) is 11.1 Å². The van der Waals surface area contributed by atoms with Crippen molar-refractivity contribution in [2.24, 2.45) is 0 Å². The molecule has 0 spiro atoms. The SMILES string of the molecule is CC(=O)C1=C(C(=O)O)CCCC1. The minimum Gasteiger partial charge on any atom is -0.478 e. The molecule has 1 rings (SSSR count). The minimum absolute atomic E-state index is 0.0906. The number of rotatable bonds is 2. The number of ketones is 1. The highest BCUT2D eigenvalue weighted by Gasteiger charge is 2.20. The van der Waals surface area contributed by atoms with Crippen molar-refractivity contribution in [1.82, 2.24) is 0 Å². The maximum absolute atomic E-state index is 11.0. The summed E-state index contributed by atoms with van der Waals surface area (Å²) in [4.78, 5) is 21.7. The number of carbonyl (C=O) groups excluding carboxylic acids is 1. The topological polar surface area (TPSA) is 54.4 Å². The monoisotopic (exact) mass is 168 g/mol. The van der Waals surface area contributed by atoms with Crippen LogP contribution < -0.4 is 0 Å². The Morgan fingerprint density at radius 2 is 1.67 bits per heavy atom. The van der Waals surface area contributed by atoms with E-state index in [9.17, 15) is 9.59 Å². The lowest BCUT2D eigenvalue weighted by Gasteiger charge is -2.14. The Morgan fingerprint density at radius 3 is 2.00 bits per heavy atom. The van der Waals surface area contributed by atoms with Crippen molar-refractivity contribution in [3.8, 4) is 0 Å². The van der Waals surface area contributed by atoms with Gasteiger partial charge < -0.3 is 5.11 Å². The van der Waals surface area contributed by atoms with Gasteiger partial charge in [0.05, 0.1) is 0 Å². The number of Topliss-reactive ketones (excluding diaryl/α,β-unsaturated/α-hetero) is 1. The second kappa shape index (κ2) is 3.52. The van der Waals surface area contributed by atoms with Crippen LogP contribution in [0.3, 0.4) is 0 Å². The molecular formula is C9H12O3. The third-order valence-electron chi connectivity index (χ3n) is 2.15. The summed E-state index contributed by atoms with van der Waals surface area (Å²) in [6.45, 7) is 1.43. The van der Waals surface area contributed by atoms with E-state index >= 15 is 0 Å². The maximum Gasteiger partial charge on any atom is 0.331 e. The van der Waals surface area contributed by atoms with Crippen molar-refractivity contribution in [3.63, 3.8) is 0 Å². The van der Waals surface area contributed by atoms with Crippen molar-refractivity contribution in [2.75, 3.05) is 0 Å². The van der Waals surface area contributed by atoms with E-state index in [4.69, 9.17) is 5.11 Å². The second-order valence-corrected chi connectivity index (χ2v) is 3.03. The smallest absolute Gasteiger partial charge is 0.331 e. The van der Waals surface area contributed by atoms with Crippen molar-refractivity contribution in [2.45, 2.75) is 32.6 Å². The fourth-order valence-electron chi connectivity index (χ4n) is 1.53. The number of carboxylic acid groups (broad SMARTS) is 1. The molecule has 0 aromatic heterocycles. The number of carboxylic acids is 1. The molecule has 3 heteroatoms. The standard InChI is InChI=1S/C9H12O3/c1-6(10)7-4-2-3-5-8(7)9(11)12/h2-5H2,1H3,(H,11,12). The van der Waals surface area contributed by atoms with E-state index in [2.05, 4.69) is 0 Å². The molecule has 0 bridgehead atoms. The molecule has 3 nitrogen and oxygen atoms in total. The van der Waals surface area contributed by atoms with E-state index in [1.54, 1.807) is 0 Å². The van der Waals surface area contributed by atoms with Gasteiger partial charge >= 0.3 is 5.97 Å². The maximum atomic E-state index is 11.0. The molecule has 0 unspecified atom stereocenters. The van der Waals surface area contributed by atoms with Crippen LogP contribution >= 0.6 is 0 Å². The fraction of sp³-hybridized carbons (Fsp3) is 0.556. The zero-order valence-corrected chi connectivity index (χ0v) is 7.09. The number of carbonyl (C=O) groups is 2. The number of allylic oxidation sites excluding steroid dienone is 1. The van der Waals surface area contributed by atoms with Crippen LogP contribution in [0.2, 0.25) is 0 Å². The quantitative estimate of drug-likeness (QED) is 0.680. The van der Waals surface area contributed by atoms with Crippen molar-refractivity contribution in [3.05, 3.63) is 11.1 Å². The zero-order chi connectivity index (χ0) is 9.14. The Labute approximate surface area is 71.1 Å². The van der Waals surface area contributed by atoms with Gasteiger partial charge in [0.1, 0.15) is 0 Å². The first-order chi connectivity index (χ1) is 5.63. The van der Waals surface area contributed by atoms with Gasteiger partial charge in [-0.1, -0.05) is 0 Å². The summed E-state index contributed by atoms with van der Waals surface area (Å²) >= 11 is 0. The molecule has 1 N–H and O–H groups in total. The van der Waals surface area contributed by atoms with Gasteiger partial charge in [0.25, 0.3) is 0 Å². The van der Waals surface area contributed by atoms with Gasteiger partial charge in [-0.3, -0.25) is 4.79 Å². The normalized spacial score (nSPS) is 17.8. The summed E-state index contributed by atoms with van der Waals surface area (Å²) in [5.74, 6) is -1.02. The Hall–Kier alpha value is -1.12. The fourth-order valence-corrected chi connectivity index (χ4v) is 1.53. The van der Waals surface area contributed by atoms with Crippen LogP contribution in [0.1, 0.15) is 32.6 Å². The van der Waals surface area contributed by atoms with Crippen molar-refractivity contribution < 1.29 is 14.7 Å². The summed E-state index contributed by atoms with van der Waals surface area (Å²) in [5.41, 5.74) is 0.850. The molecule has 0 saturated heterocycles. The van der Waals surface area contributed by atoms with E-state index < -0.39 is 5.97 Å². The summed E-state index contributed by atoms with van der Waals surface area (Å²) in [6, 6.07) is 0. The Bertz CT molecular complexity index is 224. The van der Waals surface area contributed by atoms with E-state index in [1.165, 1.54) is 6.92 Å². The zero-order valence-electron chi connectivity index (χ0n) is 7.09. The minimum atomic E-state index is -0.931. The third kappa shape index (κ3) is 1.72. The van der Waals surface area contributed by atoms with Crippen molar-refractivity contribution >= 4 is 11.8 Å². The predicted octanol–water partition coefficient (Wildman–Crippen LogP) is 1.53. The van der Waals surface area contributed by atoms with Crippen LogP contribution in [0.25, 0.3) is 0 Å². The van der Waals surface area contributed by atoms with Crippen LogP contribution in [0, 0.1) is 0 Å². The molecule has 0 aliphatic heterocycles. The highest BCUT2D eigenvalue weighted by Crippen LogP contribution is 2.25. The van der Waals surface area contributed by atoms with Gasteiger partial charge in [-0.2, -0.15) is 0 Å². The molecule has 1 aliphatic rings. The molecule has 0 aromatic rings. The molecule has 0 saturated carbocycles. The van der Waals surface area contributed by atoms with Crippen LogP contribution in [0.4, 0.5) is 0 Å². The predicted molar refractivity (Wildman–Crippen MR) is 43.8 cm³/mol. The van der Waals surface area contributed by atoms with Gasteiger partial charge in [0.15, 0.2) is 5.78 Å². The Kier molecular flexibility index (Phi) is 2.63. The summed E-state index contributed by atoms with van der Waals surface area (Å²) < 4.78 is 0. The van der Waals surface area contributed by atoms with E-state index in [0.717, 1.165) is 12.8 Å². The van der Waals surface area contributed by atoms with E-state index in [-0.39, 0.29) is 5.78 Å². The molecule has 0 fully saturated rings. The summed E-state index contributed by atoms with van der Waals surface area (Å²) in [5, 5.41) is 8.75. The summed E-state index contributed by atoms with van der Waals surface area (Å²) in [6.07, 6.45) is 3.01. The van der Waals surface area contributed by atoms with E-state index in [1.807, 2.05) is 0 Å². The third-order valence-corrected chi connectivity index (χ3v) is 2.15. The molecule has 0 heterocycles. The second-order valence-electron chi connectivity index (χ2n) is 3.03. The molecule has 0 aromatic carbocycles. The Morgan fingerprint density at radius 1 is 1.17 bits per heavy atom. The molecule has 0 atom stereocenters. The first-order valence-electron chi connectivity index (χ1n) is 4.09. The lowest BCUT2D eigenvalue weighted by Crippen LogP contribution is -2.13. The Balaban J connectivity index is 2.99. The highest BCUT2D eigenvalue weighted by molar-refractivity contribution is 6.02. The molecule has 12 heavy (non-hydrogen) atoms. The van der Waals surface area contributed by atoms with Gasteiger partial charge in [0.2, 0.25) is 0 Å². The molecule has 1 aliphatic carbocycles. The number of hydrogen-bond donors (Lipinski definition) is 1. The van der Waals surface area contributed by atoms with Gasteiger partial charge in [-0.25, -0.2) is 4.79 Å².